The first-order valence-electron chi connectivity index (χ1n) is 6.18. The lowest BCUT2D eigenvalue weighted by atomic mass is 10.1. The van der Waals surface area contributed by atoms with Gasteiger partial charge in [0.1, 0.15) is 0 Å². The molecule has 1 fully saturated rings. The Balaban J connectivity index is 0.000000606. The zero-order chi connectivity index (χ0) is 12.0. The van der Waals surface area contributed by atoms with E-state index in [1.807, 2.05) is 25.2 Å². The lowest BCUT2D eigenvalue weighted by Crippen LogP contribution is -2.35. The van der Waals surface area contributed by atoms with Gasteiger partial charge in [0, 0.05) is 24.5 Å². The maximum absolute atomic E-state index is 9.37. The highest BCUT2D eigenvalue weighted by atomic mass is 32.1. The van der Waals surface area contributed by atoms with Crippen LogP contribution in [0.15, 0.2) is 11.4 Å². The standard InChI is InChI=1S/C11H17NOS.C2H6/c1-9-6-11(14-8-9)7-12-4-2-10(13)3-5-12;1-2/h6,8,10,13H,2-5,7H2,1H3;1-2H3. The van der Waals surface area contributed by atoms with E-state index in [1.54, 1.807) is 0 Å². The molecule has 16 heavy (non-hydrogen) atoms. The molecule has 1 N–H and O–H groups in total. The molecule has 0 aliphatic carbocycles. The fourth-order valence-corrected chi connectivity index (χ4v) is 2.79. The summed E-state index contributed by atoms with van der Waals surface area (Å²) < 4.78 is 0. The molecule has 1 saturated heterocycles. The molecule has 0 bridgehead atoms. The largest absolute Gasteiger partial charge is 0.393 e. The molecular formula is C13H23NOS. The van der Waals surface area contributed by atoms with E-state index < -0.39 is 0 Å². The maximum Gasteiger partial charge on any atom is 0.0564 e. The fourth-order valence-electron chi connectivity index (χ4n) is 1.87. The lowest BCUT2D eigenvalue weighted by Gasteiger charge is -2.28. The summed E-state index contributed by atoms with van der Waals surface area (Å²) >= 11 is 1.84. The van der Waals surface area contributed by atoms with Crippen LogP contribution in [-0.4, -0.2) is 29.2 Å². The molecule has 0 radical (unpaired) electrons. The zero-order valence-corrected chi connectivity index (χ0v) is 11.4. The number of nitrogens with zero attached hydrogens (tertiary/aromatic N) is 1. The van der Waals surface area contributed by atoms with E-state index in [4.69, 9.17) is 0 Å². The summed E-state index contributed by atoms with van der Waals surface area (Å²) in [5, 5.41) is 11.6. The van der Waals surface area contributed by atoms with Crippen LogP contribution in [0.2, 0.25) is 0 Å². The van der Waals surface area contributed by atoms with Crippen molar-refractivity contribution >= 4 is 11.3 Å². The van der Waals surface area contributed by atoms with Gasteiger partial charge in [-0.25, -0.2) is 0 Å². The van der Waals surface area contributed by atoms with Gasteiger partial charge in [-0.2, -0.15) is 0 Å². The molecule has 1 aliphatic heterocycles. The van der Waals surface area contributed by atoms with Crippen molar-refractivity contribution in [3.05, 3.63) is 21.9 Å². The number of rotatable bonds is 2. The highest BCUT2D eigenvalue weighted by molar-refractivity contribution is 7.10. The summed E-state index contributed by atoms with van der Waals surface area (Å²) in [5.41, 5.74) is 1.36. The van der Waals surface area contributed by atoms with Gasteiger partial charge in [0.25, 0.3) is 0 Å². The Hall–Kier alpha value is -0.380. The van der Waals surface area contributed by atoms with Crippen molar-refractivity contribution in [2.24, 2.45) is 0 Å². The van der Waals surface area contributed by atoms with Crippen molar-refractivity contribution in [1.82, 2.24) is 4.90 Å². The Morgan fingerprint density at radius 3 is 2.50 bits per heavy atom. The van der Waals surface area contributed by atoms with Crippen molar-refractivity contribution in [3.63, 3.8) is 0 Å². The predicted molar refractivity (Wildman–Crippen MR) is 70.9 cm³/mol. The number of likely N-dealkylation sites (tertiary alicyclic amines) is 1. The molecule has 0 spiro atoms. The van der Waals surface area contributed by atoms with Gasteiger partial charge in [0.15, 0.2) is 0 Å². The third-order valence-electron chi connectivity index (χ3n) is 2.72. The maximum atomic E-state index is 9.37. The highest BCUT2D eigenvalue weighted by Crippen LogP contribution is 2.18. The van der Waals surface area contributed by atoms with Crippen LogP contribution >= 0.6 is 11.3 Å². The third-order valence-corrected chi connectivity index (χ3v) is 3.76. The van der Waals surface area contributed by atoms with Gasteiger partial charge in [-0.3, -0.25) is 4.90 Å². The van der Waals surface area contributed by atoms with E-state index in [0.29, 0.717) is 0 Å². The minimum atomic E-state index is -0.0590. The predicted octanol–water partition coefficient (Wildman–Crippen LogP) is 3.04. The first-order valence-corrected chi connectivity index (χ1v) is 7.06. The van der Waals surface area contributed by atoms with Gasteiger partial charge in [-0.1, -0.05) is 13.8 Å². The fraction of sp³-hybridized carbons (Fsp3) is 0.692. The number of hydrogen-bond acceptors (Lipinski definition) is 3. The Morgan fingerprint density at radius 1 is 1.38 bits per heavy atom. The zero-order valence-electron chi connectivity index (χ0n) is 10.6. The number of aliphatic hydroxyl groups is 1. The first-order chi connectivity index (χ1) is 7.74. The summed E-state index contributed by atoms with van der Waals surface area (Å²) in [6, 6.07) is 2.26. The van der Waals surface area contributed by atoms with E-state index in [2.05, 4.69) is 23.3 Å². The molecule has 1 aromatic heterocycles. The third kappa shape index (κ3) is 4.24. The lowest BCUT2D eigenvalue weighted by molar-refractivity contribution is 0.0797. The normalized spacial score (nSPS) is 18.0. The minimum Gasteiger partial charge on any atom is -0.393 e. The Labute approximate surface area is 103 Å². The first kappa shape index (κ1) is 13.7. The second-order valence-electron chi connectivity index (χ2n) is 4.10. The summed E-state index contributed by atoms with van der Waals surface area (Å²) in [5.74, 6) is 0. The van der Waals surface area contributed by atoms with Gasteiger partial charge in [0.05, 0.1) is 6.10 Å². The Bertz CT molecular complexity index is 290. The number of thiophene rings is 1. The molecule has 0 saturated carbocycles. The molecule has 0 aromatic carbocycles. The van der Waals surface area contributed by atoms with Gasteiger partial charge in [0.2, 0.25) is 0 Å². The van der Waals surface area contributed by atoms with E-state index >= 15 is 0 Å². The molecule has 92 valence electrons. The molecule has 1 aromatic rings. The Morgan fingerprint density at radius 2 is 2.00 bits per heavy atom. The Kier molecular flexibility index (Phi) is 6.03. The number of aliphatic hydroxyl groups excluding tert-OH is 1. The van der Waals surface area contributed by atoms with Crippen LogP contribution < -0.4 is 0 Å². The van der Waals surface area contributed by atoms with E-state index in [0.717, 1.165) is 32.5 Å². The molecular weight excluding hydrogens is 218 g/mol. The van der Waals surface area contributed by atoms with Crippen LogP contribution in [0, 0.1) is 6.92 Å². The van der Waals surface area contributed by atoms with Crippen LogP contribution in [0.4, 0.5) is 0 Å². The molecule has 0 unspecified atom stereocenters. The quantitative estimate of drug-likeness (QED) is 0.860. The highest BCUT2D eigenvalue weighted by Gasteiger charge is 2.17. The second kappa shape index (κ2) is 7.05. The van der Waals surface area contributed by atoms with Gasteiger partial charge in [-0.15, -0.1) is 11.3 Å². The topological polar surface area (TPSA) is 23.5 Å². The van der Waals surface area contributed by atoms with Crippen LogP contribution in [0.5, 0.6) is 0 Å². The van der Waals surface area contributed by atoms with Crippen LogP contribution in [0.25, 0.3) is 0 Å². The van der Waals surface area contributed by atoms with Crippen LogP contribution in [-0.2, 0) is 6.54 Å². The van der Waals surface area contributed by atoms with Crippen molar-refractivity contribution in [1.29, 1.82) is 0 Å². The van der Waals surface area contributed by atoms with Crippen LogP contribution in [0.1, 0.15) is 37.1 Å². The number of piperidine rings is 1. The molecule has 0 amide bonds. The van der Waals surface area contributed by atoms with Crippen molar-refractivity contribution in [2.75, 3.05) is 13.1 Å². The molecule has 2 rings (SSSR count). The van der Waals surface area contributed by atoms with Gasteiger partial charge < -0.3 is 5.11 Å². The van der Waals surface area contributed by atoms with E-state index in [-0.39, 0.29) is 6.10 Å². The number of aryl methyl sites for hydroxylation is 1. The molecule has 2 heterocycles. The van der Waals surface area contributed by atoms with Gasteiger partial charge >= 0.3 is 0 Å². The van der Waals surface area contributed by atoms with E-state index in [9.17, 15) is 5.11 Å². The molecule has 0 atom stereocenters. The second-order valence-corrected chi connectivity index (χ2v) is 5.09. The summed E-state index contributed by atoms with van der Waals surface area (Å²) in [7, 11) is 0. The van der Waals surface area contributed by atoms with Gasteiger partial charge in [-0.05, 0) is 36.8 Å². The monoisotopic (exact) mass is 241 g/mol. The van der Waals surface area contributed by atoms with Crippen molar-refractivity contribution in [3.8, 4) is 0 Å². The summed E-state index contributed by atoms with van der Waals surface area (Å²) in [6.45, 7) is 9.28. The smallest absolute Gasteiger partial charge is 0.0564 e. The molecule has 1 aliphatic rings. The summed E-state index contributed by atoms with van der Waals surface area (Å²) in [4.78, 5) is 3.87. The minimum absolute atomic E-state index is 0.0590. The molecule has 3 heteroatoms. The summed E-state index contributed by atoms with van der Waals surface area (Å²) in [6.07, 6.45) is 1.81. The number of hydrogen-bond donors (Lipinski definition) is 1. The molecule has 2 nitrogen and oxygen atoms in total. The average molecular weight is 241 g/mol. The SMILES string of the molecule is CC.Cc1csc(CN2CCC(O)CC2)c1. The van der Waals surface area contributed by atoms with Crippen molar-refractivity contribution < 1.29 is 5.11 Å². The van der Waals surface area contributed by atoms with Crippen molar-refractivity contribution in [2.45, 2.75) is 46.3 Å². The van der Waals surface area contributed by atoms with E-state index in [1.165, 1.54) is 10.4 Å². The average Bonchev–Trinajstić information content (AvgIpc) is 2.70. The van der Waals surface area contributed by atoms with Crippen LogP contribution in [0.3, 0.4) is 0 Å².